The van der Waals surface area contributed by atoms with Gasteiger partial charge in [-0.2, -0.15) is 4.31 Å². The second-order valence-electron chi connectivity index (χ2n) is 7.80. The number of piperazine rings is 1. The zero-order valence-electron chi connectivity index (χ0n) is 19.2. The van der Waals surface area contributed by atoms with Crippen molar-refractivity contribution in [1.29, 1.82) is 0 Å². The third-order valence-electron chi connectivity index (χ3n) is 5.16. The van der Waals surface area contributed by atoms with Gasteiger partial charge in [-0.1, -0.05) is 23.5 Å². The molecule has 0 spiro atoms. The highest BCUT2D eigenvalue weighted by Crippen LogP contribution is 2.27. The molecular formula is C21H26N6O6S2. The molecule has 1 saturated heterocycles. The number of rotatable bonds is 8. The Hall–Kier alpha value is -3.36. The van der Waals surface area contributed by atoms with Gasteiger partial charge in [0.25, 0.3) is 5.91 Å². The van der Waals surface area contributed by atoms with E-state index < -0.39 is 16.1 Å². The lowest BCUT2D eigenvalue weighted by atomic mass is 10.1. The van der Waals surface area contributed by atoms with Crippen LogP contribution in [0, 0.1) is 0 Å². The third-order valence-corrected chi connectivity index (χ3v) is 7.46. The molecule has 1 aromatic heterocycles. The van der Waals surface area contributed by atoms with E-state index in [9.17, 15) is 22.8 Å². The van der Waals surface area contributed by atoms with Crippen LogP contribution < -0.4 is 10.6 Å². The minimum Gasteiger partial charge on any atom is -0.465 e. The minimum atomic E-state index is -3.31. The molecule has 1 aliphatic rings. The topological polar surface area (TPSA) is 161 Å². The number of aryl methyl sites for hydroxylation is 2. The minimum absolute atomic E-state index is 0.230. The number of sulfonamides is 1. The van der Waals surface area contributed by atoms with Gasteiger partial charge in [0.2, 0.25) is 15.9 Å². The predicted octanol–water partition coefficient (Wildman–Crippen LogP) is 1.53. The first-order valence-corrected chi connectivity index (χ1v) is 13.3. The molecule has 3 rings (SSSR count). The highest BCUT2D eigenvalue weighted by Gasteiger charge is 2.29. The molecule has 1 aromatic carbocycles. The summed E-state index contributed by atoms with van der Waals surface area (Å²) >= 11 is 1.10. The smallest absolute Gasteiger partial charge is 0.409 e. The Morgan fingerprint density at radius 1 is 1.14 bits per heavy atom. The lowest BCUT2D eigenvalue weighted by molar-refractivity contribution is -0.114. The number of aromatic nitrogens is 1. The van der Waals surface area contributed by atoms with Gasteiger partial charge < -0.3 is 15.3 Å². The molecule has 188 valence electrons. The zero-order chi connectivity index (χ0) is 25.6. The predicted molar refractivity (Wildman–Crippen MR) is 132 cm³/mol. The lowest BCUT2D eigenvalue weighted by Crippen LogP contribution is -2.50. The summed E-state index contributed by atoms with van der Waals surface area (Å²) in [6.07, 6.45) is 2.06. The molecule has 1 aliphatic heterocycles. The Bertz CT molecular complexity index is 1220. The summed E-state index contributed by atoms with van der Waals surface area (Å²) in [5, 5.41) is 13.6. The van der Waals surface area contributed by atoms with Gasteiger partial charge >= 0.3 is 6.09 Å². The van der Waals surface area contributed by atoms with Crippen molar-refractivity contribution < 1.29 is 27.9 Å². The zero-order valence-corrected chi connectivity index (χ0v) is 20.9. The summed E-state index contributed by atoms with van der Waals surface area (Å²) in [6, 6.07) is 7.18. The van der Waals surface area contributed by atoms with Crippen molar-refractivity contribution in [1.82, 2.24) is 19.5 Å². The Morgan fingerprint density at radius 3 is 2.37 bits per heavy atom. The lowest BCUT2D eigenvalue weighted by Gasteiger charge is -2.33. The molecule has 0 aliphatic carbocycles. The second kappa shape index (κ2) is 11.4. The number of thiazole rings is 1. The monoisotopic (exact) mass is 522 g/mol. The van der Waals surface area contributed by atoms with E-state index in [0.717, 1.165) is 29.5 Å². The van der Waals surface area contributed by atoms with Crippen LogP contribution in [0.25, 0.3) is 0 Å². The van der Waals surface area contributed by atoms with Crippen LogP contribution in [0.15, 0.2) is 29.3 Å². The molecule has 3 amide bonds. The molecule has 0 saturated carbocycles. The van der Waals surface area contributed by atoms with Gasteiger partial charge in [0.05, 0.1) is 24.0 Å². The van der Waals surface area contributed by atoms with Crippen molar-refractivity contribution in [3.8, 4) is 0 Å². The van der Waals surface area contributed by atoms with Crippen molar-refractivity contribution >= 4 is 56.4 Å². The summed E-state index contributed by atoms with van der Waals surface area (Å²) in [6.45, 7) is 2.38. The van der Waals surface area contributed by atoms with Crippen LogP contribution in [0.4, 0.5) is 15.6 Å². The molecule has 2 heterocycles. The highest BCUT2D eigenvalue weighted by molar-refractivity contribution is 7.88. The quantitative estimate of drug-likeness (QED) is 0.350. The van der Waals surface area contributed by atoms with Gasteiger partial charge in [0.1, 0.15) is 4.88 Å². The fourth-order valence-electron chi connectivity index (χ4n) is 3.43. The van der Waals surface area contributed by atoms with Crippen molar-refractivity contribution in [2.75, 3.05) is 37.8 Å². The largest absolute Gasteiger partial charge is 0.465 e. The van der Waals surface area contributed by atoms with Crippen molar-refractivity contribution in [2.24, 2.45) is 4.99 Å². The maximum atomic E-state index is 13.2. The van der Waals surface area contributed by atoms with Crippen LogP contribution in [0.2, 0.25) is 0 Å². The van der Waals surface area contributed by atoms with E-state index in [-0.39, 0.29) is 38.0 Å². The third kappa shape index (κ3) is 7.56. The molecule has 35 heavy (non-hydrogen) atoms. The molecule has 12 nitrogen and oxygen atoms in total. The van der Waals surface area contributed by atoms with Gasteiger partial charge in [-0.3, -0.25) is 14.9 Å². The van der Waals surface area contributed by atoms with Crippen molar-refractivity contribution in [2.45, 2.75) is 19.8 Å². The van der Waals surface area contributed by atoms with Gasteiger partial charge in [-0.25, -0.2) is 23.2 Å². The number of carbonyl (C=O) groups excluding carboxylic acids is 2. The Labute approximate surface area is 206 Å². The first-order chi connectivity index (χ1) is 16.5. The Balaban J connectivity index is 1.70. The van der Waals surface area contributed by atoms with E-state index >= 15 is 0 Å². The average Bonchev–Trinajstić information content (AvgIpc) is 3.19. The normalized spacial score (nSPS) is 14.7. The van der Waals surface area contributed by atoms with E-state index in [1.807, 2.05) is 17.4 Å². The van der Waals surface area contributed by atoms with E-state index in [0.29, 0.717) is 34.2 Å². The molecule has 1 fully saturated rings. The Kier molecular flexibility index (Phi) is 8.53. The number of benzene rings is 1. The number of anilines is 1. The molecular weight excluding hydrogens is 496 g/mol. The SMILES string of the molecule is CC(=O)Nc1nc(CCc2ccc(N=CNC(=O)O)cc2)c(C(=O)N2CCN(S(C)(=O)=O)CC2)s1. The number of nitrogens with zero attached hydrogens (tertiary/aromatic N) is 4. The number of aliphatic imine (C=N–C) groups is 1. The van der Waals surface area contributed by atoms with Crippen LogP contribution >= 0.6 is 11.3 Å². The first-order valence-electron chi connectivity index (χ1n) is 10.7. The van der Waals surface area contributed by atoms with E-state index in [2.05, 4.69) is 15.3 Å². The molecule has 0 unspecified atom stereocenters. The van der Waals surface area contributed by atoms with E-state index in [1.54, 1.807) is 17.0 Å². The summed E-state index contributed by atoms with van der Waals surface area (Å²) in [5.74, 6) is -0.530. The molecule has 0 bridgehead atoms. The number of carboxylic acid groups (broad SMARTS) is 1. The van der Waals surface area contributed by atoms with E-state index in [4.69, 9.17) is 5.11 Å². The molecule has 0 atom stereocenters. The fourth-order valence-corrected chi connectivity index (χ4v) is 5.28. The van der Waals surface area contributed by atoms with Crippen molar-refractivity contribution in [3.05, 3.63) is 40.4 Å². The molecule has 2 aromatic rings. The summed E-state index contributed by atoms with van der Waals surface area (Å²) in [5.41, 5.74) is 2.10. The highest BCUT2D eigenvalue weighted by atomic mass is 32.2. The van der Waals surface area contributed by atoms with Gasteiger partial charge in [-0.15, -0.1) is 0 Å². The first kappa shape index (κ1) is 26.2. The number of amides is 3. The van der Waals surface area contributed by atoms with Crippen LogP contribution in [-0.2, 0) is 27.7 Å². The second-order valence-corrected chi connectivity index (χ2v) is 10.8. The van der Waals surface area contributed by atoms with Crippen LogP contribution in [0.1, 0.15) is 27.9 Å². The number of nitrogens with one attached hydrogen (secondary N) is 2. The number of carbonyl (C=O) groups is 3. The van der Waals surface area contributed by atoms with Crippen LogP contribution in [0.3, 0.4) is 0 Å². The van der Waals surface area contributed by atoms with Gasteiger partial charge in [-0.05, 0) is 30.5 Å². The van der Waals surface area contributed by atoms with Crippen LogP contribution in [0.5, 0.6) is 0 Å². The van der Waals surface area contributed by atoms with Gasteiger partial charge in [0, 0.05) is 33.1 Å². The maximum Gasteiger partial charge on any atom is 0.409 e. The molecule has 14 heteroatoms. The molecule has 3 N–H and O–H groups in total. The standard InChI is InChI=1S/C21H26N6O6S2/c1-14(28)24-20-25-17(8-5-15-3-6-16(7-4-15)22-13-23-21(30)31)18(34-20)19(29)26-9-11-27(12-10-26)35(2,32)33/h3-4,6-7,13H,5,8-12H2,1-2H3,(H,22,23)(H,30,31)(H,24,25,28). The summed E-state index contributed by atoms with van der Waals surface area (Å²) in [4.78, 5) is 45.7. The average molecular weight is 523 g/mol. The summed E-state index contributed by atoms with van der Waals surface area (Å²) in [7, 11) is -3.31. The molecule has 0 radical (unpaired) electrons. The number of hydrogen-bond acceptors (Lipinski definition) is 8. The number of hydrogen-bond donors (Lipinski definition) is 3. The van der Waals surface area contributed by atoms with Gasteiger partial charge in [0.15, 0.2) is 5.13 Å². The van der Waals surface area contributed by atoms with Crippen molar-refractivity contribution in [3.63, 3.8) is 0 Å². The van der Waals surface area contributed by atoms with E-state index in [1.165, 1.54) is 11.2 Å². The van der Waals surface area contributed by atoms with Crippen LogP contribution in [-0.4, -0.2) is 84.4 Å². The fraction of sp³-hybridized carbons (Fsp3) is 0.381. The maximum absolute atomic E-state index is 13.2. The Morgan fingerprint density at radius 2 is 1.80 bits per heavy atom. The summed E-state index contributed by atoms with van der Waals surface area (Å²) < 4.78 is 24.9.